The Kier molecular flexibility index (Phi) is 11.0. The van der Waals surface area contributed by atoms with E-state index in [1.807, 2.05) is 27.7 Å². The molecule has 0 radical (unpaired) electrons. The molecule has 1 aliphatic rings. The summed E-state index contributed by atoms with van der Waals surface area (Å²) in [5.41, 5.74) is -0.529. The number of piperidine rings is 1. The smallest absolute Gasteiger partial charge is 0.411 e. The lowest BCUT2D eigenvalue weighted by Crippen LogP contribution is -2.54. The Balaban J connectivity index is 2.32. The molecule has 158 valence electrons. The van der Waals surface area contributed by atoms with E-state index in [0.29, 0.717) is 6.42 Å². The fourth-order valence-electron chi connectivity index (χ4n) is 3.90. The molecule has 0 unspecified atom stereocenters. The minimum atomic E-state index is -0.529. The Labute approximate surface area is 167 Å². The Morgan fingerprint density at radius 1 is 1.00 bits per heavy atom. The maximum Gasteiger partial charge on any atom is 0.411 e. The molecule has 1 heterocycles. The van der Waals surface area contributed by atoms with E-state index in [0.717, 1.165) is 19.3 Å². The van der Waals surface area contributed by atoms with Crippen molar-refractivity contribution in [1.82, 2.24) is 4.90 Å². The summed E-state index contributed by atoms with van der Waals surface area (Å²) in [6.07, 6.45) is 15.1. The summed E-state index contributed by atoms with van der Waals surface area (Å²) in [6, 6.07) is -0.219. The summed E-state index contributed by atoms with van der Waals surface area (Å²) in [4.78, 5) is 26.4. The third kappa shape index (κ3) is 9.62. The van der Waals surface area contributed by atoms with Gasteiger partial charge >= 0.3 is 6.09 Å². The van der Waals surface area contributed by atoms with Crippen LogP contribution in [0.4, 0.5) is 4.79 Å². The summed E-state index contributed by atoms with van der Waals surface area (Å²) >= 11 is 0. The normalized spacial score (nSPS) is 20.8. The molecule has 0 saturated carbocycles. The Morgan fingerprint density at radius 2 is 1.52 bits per heavy atom. The van der Waals surface area contributed by atoms with Crippen molar-refractivity contribution in [3.05, 3.63) is 0 Å². The number of amides is 1. The van der Waals surface area contributed by atoms with Crippen molar-refractivity contribution >= 4 is 11.9 Å². The van der Waals surface area contributed by atoms with Crippen LogP contribution < -0.4 is 0 Å². The fourth-order valence-corrected chi connectivity index (χ4v) is 3.90. The van der Waals surface area contributed by atoms with Gasteiger partial charge < -0.3 is 4.74 Å². The lowest BCUT2D eigenvalue weighted by Gasteiger charge is -2.40. The van der Waals surface area contributed by atoms with Crippen LogP contribution >= 0.6 is 0 Å². The topological polar surface area (TPSA) is 46.6 Å². The monoisotopic (exact) mass is 381 g/mol. The molecule has 0 aromatic carbocycles. The van der Waals surface area contributed by atoms with Crippen molar-refractivity contribution in [2.75, 3.05) is 0 Å². The predicted octanol–water partition coefficient (Wildman–Crippen LogP) is 6.65. The van der Waals surface area contributed by atoms with E-state index in [9.17, 15) is 9.59 Å². The molecular formula is C23H43NO3. The molecule has 1 fully saturated rings. The number of ether oxygens (including phenoxy) is 1. The quantitative estimate of drug-likeness (QED) is 0.376. The van der Waals surface area contributed by atoms with E-state index in [1.54, 1.807) is 4.90 Å². The average molecular weight is 382 g/mol. The zero-order valence-electron chi connectivity index (χ0n) is 18.5. The lowest BCUT2D eigenvalue weighted by molar-refractivity contribution is -0.128. The van der Waals surface area contributed by atoms with Gasteiger partial charge in [-0.1, -0.05) is 71.1 Å². The number of Topliss-reactive ketones (excluding diaryl/α,β-unsaturated/α-hetero) is 1. The van der Waals surface area contributed by atoms with Crippen molar-refractivity contribution in [2.45, 2.75) is 136 Å². The third-order valence-corrected chi connectivity index (χ3v) is 5.50. The third-order valence-electron chi connectivity index (χ3n) is 5.50. The number of rotatable bonds is 11. The molecule has 4 nitrogen and oxygen atoms in total. The van der Waals surface area contributed by atoms with Gasteiger partial charge in [-0.3, -0.25) is 9.69 Å². The summed E-state index contributed by atoms with van der Waals surface area (Å²) in [5.74, 6) is 0.153. The van der Waals surface area contributed by atoms with Crippen molar-refractivity contribution in [1.29, 1.82) is 0 Å². The van der Waals surface area contributed by atoms with Crippen LogP contribution in [0.15, 0.2) is 0 Å². The van der Waals surface area contributed by atoms with E-state index in [-0.39, 0.29) is 24.0 Å². The summed E-state index contributed by atoms with van der Waals surface area (Å²) in [6.45, 7) is 9.72. The second-order valence-electron chi connectivity index (χ2n) is 9.19. The molecule has 0 bridgehead atoms. The van der Waals surface area contributed by atoms with Crippen LogP contribution in [-0.2, 0) is 9.53 Å². The standard InChI is InChI=1S/C23H43NO3/c1-6-7-8-9-10-11-12-13-14-15-16-20-17-18-21(25)19(2)24(20)22(26)27-23(3,4)5/h19-20H,6-18H2,1-5H3/t19-,20+/m1/s1. The first kappa shape index (κ1) is 24.0. The number of carbonyl (C=O) groups excluding carboxylic acids is 2. The van der Waals surface area contributed by atoms with E-state index in [2.05, 4.69) is 6.92 Å². The molecule has 1 rings (SSSR count). The second kappa shape index (κ2) is 12.4. The van der Waals surface area contributed by atoms with Gasteiger partial charge in [0, 0.05) is 12.5 Å². The highest BCUT2D eigenvalue weighted by atomic mass is 16.6. The number of unbranched alkanes of at least 4 members (excludes halogenated alkanes) is 9. The zero-order chi connectivity index (χ0) is 20.3. The van der Waals surface area contributed by atoms with Gasteiger partial charge in [0.1, 0.15) is 5.60 Å². The first-order valence-corrected chi connectivity index (χ1v) is 11.3. The lowest BCUT2D eigenvalue weighted by atomic mass is 9.92. The maximum atomic E-state index is 12.6. The van der Waals surface area contributed by atoms with Crippen LogP contribution in [0.5, 0.6) is 0 Å². The minimum absolute atomic E-state index is 0.140. The number of hydrogen-bond acceptors (Lipinski definition) is 3. The van der Waals surface area contributed by atoms with Crippen LogP contribution in [0.25, 0.3) is 0 Å². The molecule has 2 atom stereocenters. The molecule has 27 heavy (non-hydrogen) atoms. The minimum Gasteiger partial charge on any atom is -0.444 e. The Hall–Kier alpha value is -1.06. The van der Waals surface area contributed by atoms with Gasteiger partial charge in [0.15, 0.2) is 5.78 Å². The largest absolute Gasteiger partial charge is 0.444 e. The van der Waals surface area contributed by atoms with Crippen LogP contribution in [0.3, 0.4) is 0 Å². The fraction of sp³-hybridized carbons (Fsp3) is 0.913. The highest BCUT2D eigenvalue weighted by Crippen LogP contribution is 2.27. The molecule has 1 aliphatic heterocycles. The molecule has 1 amide bonds. The van der Waals surface area contributed by atoms with Gasteiger partial charge in [-0.2, -0.15) is 0 Å². The Morgan fingerprint density at radius 3 is 2.04 bits per heavy atom. The molecule has 0 aromatic heterocycles. The van der Waals surface area contributed by atoms with Gasteiger partial charge in [-0.25, -0.2) is 4.79 Å². The predicted molar refractivity (Wildman–Crippen MR) is 112 cm³/mol. The number of carbonyl (C=O) groups is 2. The number of hydrogen-bond donors (Lipinski definition) is 0. The van der Waals surface area contributed by atoms with Crippen LogP contribution in [0.1, 0.15) is 118 Å². The first-order valence-electron chi connectivity index (χ1n) is 11.3. The highest BCUT2D eigenvalue weighted by molar-refractivity contribution is 5.88. The van der Waals surface area contributed by atoms with Crippen molar-refractivity contribution in [2.24, 2.45) is 0 Å². The van der Waals surface area contributed by atoms with Crippen molar-refractivity contribution < 1.29 is 14.3 Å². The highest BCUT2D eigenvalue weighted by Gasteiger charge is 2.38. The van der Waals surface area contributed by atoms with Gasteiger partial charge in [0.2, 0.25) is 0 Å². The molecular weight excluding hydrogens is 338 g/mol. The second-order valence-corrected chi connectivity index (χ2v) is 9.19. The van der Waals surface area contributed by atoms with Gasteiger partial charge in [0.05, 0.1) is 6.04 Å². The van der Waals surface area contributed by atoms with Crippen LogP contribution in [-0.4, -0.2) is 34.5 Å². The summed E-state index contributed by atoms with van der Waals surface area (Å²) in [5, 5.41) is 0. The van der Waals surface area contributed by atoms with Gasteiger partial charge in [-0.05, 0) is 40.5 Å². The number of nitrogens with zero attached hydrogens (tertiary/aromatic N) is 1. The molecule has 0 aliphatic carbocycles. The number of ketones is 1. The average Bonchev–Trinajstić information content (AvgIpc) is 2.58. The molecule has 0 N–H and O–H groups in total. The summed E-state index contributed by atoms with van der Waals surface area (Å²) < 4.78 is 5.56. The molecule has 1 saturated heterocycles. The van der Waals surface area contributed by atoms with E-state index in [1.165, 1.54) is 57.8 Å². The number of likely N-dealkylation sites (tertiary alicyclic amines) is 1. The molecule has 4 heteroatoms. The maximum absolute atomic E-state index is 12.6. The zero-order valence-corrected chi connectivity index (χ0v) is 18.5. The van der Waals surface area contributed by atoms with Gasteiger partial charge in [0.25, 0.3) is 0 Å². The SMILES string of the molecule is CCCCCCCCCCCC[C@H]1CCC(=O)[C@@H](C)N1C(=O)OC(C)(C)C. The summed E-state index contributed by atoms with van der Waals surface area (Å²) in [7, 11) is 0. The Bertz CT molecular complexity index is 441. The molecule has 0 spiro atoms. The van der Waals surface area contributed by atoms with Crippen molar-refractivity contribution in [3.63, 3.8) is 0 Å². The van der Waals surface area contributed by atoms with Crippen molar-refractivity contribution in [3.8, 4) is 0 Å². The van der Waals surface area contributed by atoms with E-state index < -0.39 is 5.60 Å². The van der Waals surface area contributed by atoms with Gasteiger partial charge in [-0.15, -0.1) is 0 Å². The van der Waals surface area contributed by atoms with Crippen LogP contribution in [0.2, 0.25) is 0 Å². The van der Waals surface area contributed by atoms with E-state index in [4.69, 9.17) is 4.74 Å². The van der Waals surface area contributed by atoms with E-state index >= 15 is 0 Å². The van der Waals surface area contributed by atoms with Crippen LogP contribution in [0, 0.1) is 0 Å². The first-order chi connectivity index (χ1) is 12.8. The molecule has 0 aromatic rings.